The second-order valence-electron chi connectivity index (χ2n) is 16.1. The lowest BCUT2D eigenvalue weighted by molar-refractivity contribution is 0.669. The predicted molar refractivity (Wildman–Crippen MR) is 263 cm³/mol. The summed E-state index contributed by atoms with van der Waals surface area (Å²) < 4.78 is 6.53. The number of anilines is 3. The minimum atomic E-state index is 0.889. The average molecular weight is 790 g/mol. The van der Waals surface area contributed by atoms with Crippen LogP contribution in [0.2, 0.25) is 0 Å². The lowest BCUT2D eigenvalue weighted by atomic mass is 9.93. The van der Waals surface area contributed by atoms with Crippen LogP contribution in [0.15, 0.2) is 241 Å². The Labute approximate surface area is 360 Å². The van der Waals surface area contributed by atoms with Gasteiger partial charge >= 0.3 is 0 Å². The third-order valence-corrected chi connectivity index (χ3v) is 12.5. The van der Waals surface area contributed by atoms with E-state index < -0.39 is 0 Å². The van der Waals surface area contributed by atoms with Crippen LogP contribution < -0.4 is 4.90 Å². The molecule has 2 nitrogen and oxygen atoms in total. The van der Waals surface area contributed by atoms with Gasteiger partial charge < -0.3 is 9.32 Å². The van der Waals surface area contributed by atoms with Gasteiger partial charge in [-0.25, -0.2) is 0 Å². The van der Waals surface area contributed by atoms with Crippen molar-refractivity contribution in [2.45, 2.75) is 0 Å². The van der Waals surface area contributed by atoms with Crippen LogP contribution in [0.4, 0.5) is 17.1 Å². The van der Waals surface area contributed by atoms with Crippen molar-refractivity contribution in [2.24, 2.45) is 0 Å². The van der Waals surface area contributed by atoms with Gasteiger partial charge in [0.05, 0.1) is 0 Å². The van der Waals surface area contributed by atoms with Crippen LogP contribution in [0.1, 0.15) is 0 Å². The smallest absolute Gasteiger partial charge is 0.136 e. The van der Waals surface area contributed by atoms with E-state index in [9.17, 15) is 0 Å². The maximum Gasteiger partial charge on any atom is 0.136 e. The maximum absolute atomic E-state index is 6.53. The number of rotatable bonds is 7. The van der Waals surface area contributed by atoms with Crippen LogP contribution in [0, 0.1) is 0 Å². The zero-order chi connectivity index (χ0) is 41.0. The Morgan fingerprint density at radius 2 is 0.758 bits per heavy atom. The van der Waals surface area contributed by atoms with Gasteiger partial charge in [-0.05, 0) is 137 Å². The molecular weight excluding hydrogens is 751 g/mol. The number of furan rings is 1. The van der Waals surface area contributed by atoms with E-state index in [4.69, 9.17) is 4.42 Å². The van der Waals surface area contributed by atoms with Crippen molar-refractivity contribution in [3.05, 3.63) is 237 Å². The van der Waals surface area contributed by atoms with E-state index in [0.29, 0.717) is 0 Å². The second kappa shape index (κ2) is 14.8. The Hall–Kier alpha value is -8.20. The maximum atomic E-state index is 6.53. The fraction of sp³-hybridized carbons (Fsp3) is 0. The number of benzene rings is 11. The summed E-state index contributed by atoms with van der Waals surface area (Å²) in [5, 5.41) is 9.73. The van der Waals surface area contributed by atoms with Crippen LogP contribution >= 0.6 is 0 Å². The van der Waals surface area contributed by atoms with Crippen molar-refractivity contribution in [1.82, 2.24) is 0 Å². The van der Waals surface area contributed by atoms with Crippen LogP contribution in [0.5, 0.6) is 0 Å². The van der Waals surface area contributed by atoms with Crippen molar-refractivity contribution in [1.29, 1.82) is 0 Å². The highest BCUT2D eigenvalue weighted by molar-refractivity contribution is 6.23. The molecule has 290 valence electrons. The van der Waals surface area contributed by atoms with Gasteiger partial charge in [-0.2, -0.15) is 0 Å². The summed E-state index contributed by atoms with van der Waals surface area (Å²) >= 11 is 0. The van der Waals surface area contributed by atoms with Crippen LogP contribution in [-0.4, -0.2) is 0 Å². The van der Waals surface area contributed by atoms with Crippen LogP contribution in [0.3, 0.4) is 0 Å². The highest BCUT2D eigenvalue weighted by Gasteiger charge is 2.18. The van der Waals surface area contributed by atoms with Gasteiger partial charge in [0.2, 0.25) is 0 Å². The largest absolute Gasteiger partial charge is 0.456 e. The molecule has 0 aliphatic rings. The molecule has 0 saturated carbocycles. The highest BCUT2D eigenvalue weighted by atomic mass is 16.3. The first-order valence-electron chi connectivity index (χ1n) is 21.2. The standard InChI is InChI=1S/C60H39NO/c1-3-12-40(13-4-1)42-22-30-48(31-23-42)61(50-34-26-44(27-35-50)56-39-46-16-7-8-17-51(46)54-18-9-10-19-55(54)56)49-32-24-43(25-33-49)52-20-11-21-57-59(52)60-53-36-28-45(41-14-5-2-6-15-41)38-47(53)29-37-58(60)62-57/h1-39H. The molecule has 0 N–H and O–H groups in total. The number of fused-ring (bicyclic) bond motifs is 8. The molecule has 0 amide bonds. The molecule has 0 radical (unpaired) electrons. The van der Waals surface area contributed by atoms with Crippen molar-refractivity contribution in [3.8, 4) is 44.5 Å². The van der Waals surface area contributed by atoms with Gasteiger partial charge in [-0.3, -0.25) is 0 Å². The van der Waals surface area contributed by atoms with Gasteiger partial charge in [0, 0.05) is 27.8 Å². The number of hydrogen-bond donors (Lipinski definition) is 0. The molecule has 1 aromatic heterocycles. The molecule has 62 heavy (non-hydrogen) atoms. The zero-order valence-electron chi connectivity index (χ0n) is 33.9. The second-order valence-corrected chi connectivity index (χ2v) is 16.1. The molecule has 0 aliphatic heterocycles. The van der Waals surface area contributed by atoms with Crippen LogP contribution in [0.25, 0.3) is 98.8 Å². The Morgan fingerprint density at radius 1 is 0.258 bits per heavy atom. The molecule has 12 rings (SSSR count). The van der Waals surface area contributed by atoms with Crippen molar-refractivity contribution >= 4 is 71.3 Å². The van der Waals surface area contributed by atoms with Crippen molar-refractivity contribution < 1.29 is 4.42 Å². The zero-order valence-corrected chi connectivity index (χ0v) is 33.9. The Morgan fingerprint density at radius 3 is 1.44 bits per heavy atom. The Kier molecular flexibility index (Phi) is 8.53. The first-order chi connectivity index (χ1) is 30.7. The summed E-state index contributed by atoms with van der Waals surface area (Å²) in [6.07, 6.45) is 0. The lowest BCUT2D eigenvalue weighted by Crippen LogP contribution is -2.09. The summed E-state index contributed by atoms with van der Waals surface area (Å²) in [6.45, 7) is 0. The first kappa shape index (κ1) is 35.7. The summed E-state index contributed by atoms with van der Waals surface area (Å²) in [5.41, 5.74) is 14.6. The molecule has 0 saturated heterocycles. The van der Waals surface area contributed by atoms with E-state index in [-0.39, 0.29) is 0 Å². The number of hydrogen-bond acceptors (Lipinski definition) is 2. The molecule has 2 heteroatoms. The molecule has 0 bridgehead atoms. The summed E-state index contributed by atoms with van der Waals surface area (Å²) in [7, 11) is 0. The van der Waals surface area contributed by atoms with Gasteiger partial charge in [0.1, 0.15) is 11.2 Å². The summed E-state index contributed by atoms with van der Waals surface area (Å²) in [6, 6.07) is 85.3. The summed E-state index contributed by atoms with van der Waals surface area (Å²) in [5.74, 6) is 0. The predicted octanol–water partition coefficient (Wildman–Crippen LogP) is 17.2. The molecular formula is C60H39NO. The molecule has 0 atom stereocenters. The third-order valence-electron chi connectivity index (χ3n) is 12.5. The van der Waals surface area contributed by atoms with Gasteiger partial charge in [-0.1, -0.05) is 176 Å². The summed E-state index contributed by atoms with van der Waals surface area (Å²) in [4.78, 5) is 2.35. The van der Waals surface area contributed by atoms with E-state index in [1.165, 1.54) is 65.7 Å². The monoisotopic (exact) mass is 789 g/mol. The van der Waals surface area contributed by atoms with Gasteiger partial charge in [0.15, 0.2) is 0 Å². The van der Waals surface area contributed by atoms with Gasteiger partial charge in [0.25, 0.3) is 0 Å². The highest BCUT2D eigenvalue weighted by Crippen LogP contribution is 2.43. The Bertz CT molecular complexity index is 3590. The fourth-order valence-corrected chi connectivity index (χ4v) is 9.45. The van der Waals surface area contributed by atoms with Crippen molar-refractivity contribution in [3.63, 3.8) is 0 Å². The minimum Gasteiger partial charge on any atom is -0.456 e. The Balaban J connectivity index is 0.957. The third kappa shape index (κ3) is 6.12. The van der Waals surface area contributed by atoms with E-state index in [0.717, 1.165) is 50.1 Å². The average Bonchev–Trinajstić information content (AvgIpc) is 3.75. The SMILES string of the molecule is c1ccc(-c2ccc(N(c3ccc(-c4cc5ccccc5c5ccccc45)cc3)c3ccc(-c4cccc5oc6ccc7cc(-c8ccccc8)ccc7c6c45)cc3)cc2)cc1. The molecule has 11 aromatic carbocycles. The molecule has 0 unspecified atom stereocenters. The van der Waals surface area contributed by atoms with E-state index in [1.807, 2.05) is 0 Å². The molecule has 0 fully saturated rings. The molecule has 0 spiro atoms. The topological polar surface area (TPSA) is 16.4 Å². The molecule has 12 aromatic rings. The first-order valence-corrected chi connectivity index (χ1v) is 21.2. The quantitative estimate of drug-likeness (QED) is 0.150. The van der Waals surface area contributed by atoms with E-state index >= 15 is 0 Å². The van der Waals surface area contributed by atoms with E-state index in [1.54, 1.807) is 0 Å². The normalized spacial score (nSPS) is 11.5. The lowest BCUT2D eigenvalue weighted by Gasteiger charge is -2.26. The van der Waals surface area contributed by atoms with E-state index in [2.05, 4.69) is 241 Å². The molecule has 1 heterocycles. The number of nitrogens with zero attached hydrogens (tertiary/aromatic N) is 1. The minimum absolute atomic E-state index is 0.889. The molecule has 0 aliphatic carbocycles. The van der Waals surface area contributed by atoms with Gasteiger partial charge in [-0.15, -0.1) is 0 Å². The van der Waals surface area contributed by atoms with Crippen molar-refractivity contribution in [2.75, 3.05) is 4.90 Å². The fourth-order valence-electron chi connectivity index (χ4n) is 9.45. The van der Waals surface area contributed by atoms with Crippen LogP contribution in [-0.2, 0) is 0 Å².